The zero-order valence-electron chi connectivity index (χ0n) is 12.9. The van der Waals surface area contributed by atoms with E-state index < -0.39 is 12.0 Å². The molecular formula is C14H27N3O3. The van der Waals surface area contributed by atoms with Crippen molar-refractivity contribution in [2.45, 2.75) is 33.7 Å². The molecule has 1 heterocycles. The van der Waals surface area contributed by atoms with Gasteiger partial charge in [0.2, 0.25) is 0 Å². The third-order valence-corrected chi connectivity index (χ3v) is 4.22. The van der Waals surface area contributed by atoms with E-state index in [0.29, 0.717) is 44.6 Å². The van der Waals surface area contributed by atoms with Crippen molar-refractivity contribution in [2.24, 2.45) is 11.8 Å². The van der Waals surface area contributed by atoms with E-state index in [1.807, 2.05) is 4.90 Å². The van der Waals surface area contributed by atoms with E-state index in [4.69, 9.17) is 5.11 Å². The first-order chi connectivity index (χ1) is 9.32. The van der Waals surface area contributed by atoms with Crippen molar-refractivity contribution in [3.8, 4) is 0 Å². The van der Waals surface area contributed by atoms with Crippen LogP contribution in [0.1, 0.15) is 27.7 Å². The highest BCUT2D eigenvalue weighted by Gasteiger charge is 2.27. The van der Waals surface area contributed by atoms with Gasteiger partial charge < -0.3 is 15.3 Å². The van der Waals surface area contributed by atoms with Gasteiger partial charge in [0, 0.05) is 32.7 Å². The minimum Gasteiger partial charge on any atom is -0.480 e. The lowest BCUT2D eigenvalue weighted by Crippen LogP contribution is -2.55. The Hall–Kier alpha value is -1.30. The molecule has 0 spiro atoms. The molecule has 1 fully saturated rings. The van der Waals surface area contributed by atoms with Crippen LogP contribution < -0.4 is 5.32 Å². The summed E-state index contributed by atoms with van der Waals surface area (Å²) in [6.07, 6.45) is 0. The first kappa shape index (κ1) is 16.8. The smallest absolute Gasteiger partial charge is 0.320 e. The monoisotopic (exact) mass is 285 g/mol. The Kier molecular flexibility index (Phi) is 6.26. The molecule has 0 aromatic heterocycles. The third kappa shape index (κ3) is 4.67. The molecule has 2 unspecified atom stereocenters. The van der Waals surface area contributed by atoms with Crippen LogP contribution in [0.3, 0.4) is 0 Å². The van der Waals surface area contributed by atoms with Gasteiger partial charge in [-0.15, -0.1) is 0 Å². The van der Waals surface area contributed by atoms with Crippen molar-refractivity contribution in [1.82, 2.24) is 15.1 Å². The second kappa shape index (κ2) is 7.47. The lowest BCUT2D eigenvalue weighted by Gasteiger charge is -2.36. The summed E-state index contributed by atoms with van der Waals surface area (Å²) in [5.41, 5.74) is 0. The van der Waals surface area contributed by atoms with Crippen LogP contribution >= 0.6 is 0 Å². The largest absolute Gasteiger partial charge is 0.480 e. The average molecular weight is 285 g/mol. The summed E-state index contributed by atoms with van der Waals surface area (Å²) < 4.78 is 0. The SMILES string of the molecule is CC(C)C(C)CNC(=O)N1CCN(C(C)C(=O)O)CC1. The maximum absolute atomic E-state index is 12.0. The predicted octanol–water partition coefficient (Wildman–Crippen LogP) is 1.08. The Bertz CT molecular complexity index is 339. The summed E-state index contributed by atoms with van der Waals surface area (Å²) in [5.74, 6) is 0.185. The zero-order chi connectivity index (χ0) is 15.3. The Balaban J connectivity index is 2.34. The maximum atomic E-state index is 12.0. The molecule has 1 rings (SSSR count). The maximum Gasteiger partial charge on any atom is 0.320 e. The van der Waals surface area contributed by atoms with Crippen molar-refractivity contribution >= 4 is 12.0 Å². The first-order valence-electron chi connectivity index (χ1n) is 7.32. The second-order valence-corrected chi connectivity index (χ2v) is 5.94. The summed E-state index contributed by atoms with van der Waals surface area (Å²) in [6.45, 7) is 11.2. The Morgan fingerprint density at radius 1 is 1.10 bits per heavy atom. The van der Waals surface area contributed by atoms with Crippen molar-refractivity contribution < 1.29 is 14.7 Å². The Labute approximate surface area is 121 Å². The Morgan fingerprint density at radius 3 is 2.10 bits per heavy atom. The normalized spacial score (nSPS) is 19.8. The molecule has 2 N–H and O–H groups in total. The van der Waals surface area contributed by atoms with E-state index in [0.717, 1.165) is 0 Å². The molecule has 2 atom stereocenters. The molecule has 0 aromatic rings. The lowest BCUT2D eigenvalue weighted by atomic mass is 9.98. The minimum absolute atomic E-state index is 0.0415. The van der Waals surface area contributed by atoms with Gasteiger partial charge in [-0.2, -0.15) is 0 Å². The molecule has 116 valence electrons. The fourth-order valence-corrected chi connectivity index (χ4v) is 2.06. The van der Waals surface area contributed by atoms with E-state index in [-0.39, 0.29) is 6.03 Å². The number of amides is 2. The number of nitrogens with zero attached hydrogens (tertiary/aromatic N) is 2. The average Bonchev–Trinajstić information content (AvgIpc) is 2.43. The van der Waals surface area contributed by atoms with E-state index in [1.54, 1.807) is 11.8 Å². The first-order valence-corrected chi connectivity index (χ1v) is 7.32. The standard InChI is InChI=1S/C14H27N3O3/c1-10(2)11(3)9-15-14(20)17-7-5-16(6-8-17)12(4)13(18)19/h10-12H,5-9H2,1-4H3,(H,15,20)(H,18,19). The number of carbonyl (C=O) groups excluding carboxylic acids is 1. The quantitative estimate of drug-likeness (QED) is 0.793. The number of aliphatic carboxylic acids is 1. The van der Waals surface area contributed by atoms with E-state index in [2.05, 4.69) is 26.1 Å². The predicted molar refractivity (Wildman–Crippen MR) is 77.6 cm³/mol. The summed E-state index contributed by atoms with van der Waals surface area (Å²) >= 11 is 0. The van der Waals surface area contributed by atoms with Crippen LogP contribution in [0.15, 0.2) is 0 Å². The van der Waals surface area contributed by atoms with Gasteiger partial charge >= 0.3 is 12.0 Å². The van der Waals surface area contributed by atoms with Crippen molar-refractivity contribution in [1.29, 1.82) is 0 Å². The molecule has 0 radical (unpaired) electrons. The van der Waals surface area contributed by atoms with E-state index in [9.17, 15) is 9.59 Å². The van der Waals surface area contributed by atoms with Crippen LogP contribution in [0.4, 0.5) is 4.79 Å². The molecule has 6 heteroatoms. The van der Waals surface area contributed by atoms with Gasteiger partial charge in [0.1, 0.15) is 6.04 Å². The summed E-state index contributed by atoms with van der Waals surface area (Å²) in [6, 6.07) is -0.527. The number of hydrogen-bond acceptors (Lipinski definition) is 3. The number of carboxylic acid groups (broad SMARTS) is 1. The highest BCUT2D eigenvalue weighted by Crippen LogP contribution is 2.09. The number of carboxylic acids is 1. The van der Waals surface area contributed by atoms with Gasteiger partial charge in [-0.3, -0.25) is 9.69 Å². The molecule has 0 aliphatic carbocycles. The van der Waals surface area contributed by atoms with Crippen LogP contribution in [0.2, 0.25) is 0 Å². The van der Waals surface area contributed by atoms with Gasteiger partial charge in [-0.25, -0.2) is 4.79 Å². The lowest BCUT2D eigenvalue weighted by molar-refractivity contribution is -0.143. The van der Waals surface area contributed by atoms with E-state index in [1.165, 1.54) is 0 Å². The topological polar surface area (TPSA) is 72.9 Å². The van der Waals surface area contributed by atoms with Crippen molar-refractivity contribution in [2.75, 3.05) is 32.7 Å². The van der Waals surface area contributed by atoms with Crippen LogP contribution in [-0.2, 0) is 4.79 Å². The van der Waals surface area contributed by atoms with Crippen LogP contribution in [-0.4, -0.2) is 65.7 Å². The highest BCUT2D eigenvalue weighted by molar-refractivity contribution is 5.75. The van der Waals surface area contributed by atoms with Gasteiger partial charge in [0.25, 0.3) is 0 Å². The fraction of sp³-hybridized carbons (Fsp3) is 0.857. The molecule has 0 bridgehead atoms. The van der Waals surface area contributed by atoms with Crippen LogP contribution in [0, 0.1) is 11.8 Å². The number of rotatable bonds is 5. The third-order valence-electron chi connectivity index (χ3n) is 4.22. The summed E-state index contributed by atoms with van der Waals surface area (Å²) in [4.78, 5) is 26.6. The fourth-order valence-electron chi connectivity index (χ4n) is 2.06. The minimum atomic E-state index is -0.811. The summed E-state index contributed by atoms with van der Waals surface area (Å²) in [5, 5.41) is 11.9. The van der Waals surface area contributed by atoms with Crippen LogP contribution in [0.5, 0.6) is 0 Å². The Morgan fingerprint density at radius 2 is 1.65 bits per heavy atom. The molecule has 20 heavy (non-hydrogen) atoms. The molecule has 1 aliphatic heterocycles. The number of hydrogen-bond donors (Lipinski definition) is 2. The molecular weight excluding hydrogens is 258 g/mol. The molecule has 2 amide bonds. The molecule has 1 aliphatic rings. The van der Waals surface area contributed by atoms with Crippen LogP contribution in [0.25, 0.3) is 0 Å². The van der Waals surface area contributed by atoms with Gasteiger partial charge in [0.05, 0.1) is 0 Å². The zero-order valence-corrected chi connectivity index (χ0v) is 12.9. The molecule has 6 nitrogen and oxygen atoms in total. The summed E-state index contributed by atoms with van der Waals surface area (Å²) in [7, 11) is 0. The van der Waals surface area contributed by atoms with Crippen molar-refractivity contribution in [3.05, 3.63) is 0 Å². The van der Waals surface area contributed by atoms with E-state index >= 15 is 0 Å². The molecule has 1 saturated heterocycles. The van der Waals surface area contributed by atoms with Gasteiger partial charge in [0.15, 0.2) is 0 Å². The molecule has 0 saturated carbocycles. The molecule has 0 aromatic carbocycles. The van der Waals surface area contributed by atoms with Gasteiger partial charge in [-0.05, 0) is 18.8 Å². The number of nitrogens with one attached hydrogen (secondary N) is 1. The van der Waals surface area contributed by atoms with Gasteiger partial charge in [-0.1, -0.05) is 20.8 Å². The highest BCUT2D eigenvalue weighted by atomic mass is 16.4. The number of piperazine rings is 1. The number of carbonyl (C=O) groups is 2. The second-order valence-electron chi connectivity index (χ2n) is 5.94. The number of urea groups is 1. The van der Waals surface area contributed by atoms with Crippen molar-refractivity contribution in [3.63, 3.8) is 0 Å².